The Balaban J connectivity index is 3.04. The van der Waals surface area contributed by atoms with Gasteiger partial charge in [0.1, 0.15) is 0 Å². The van der Waals surface area contributed by atoms with Crippen LogP contribution in [0, 0.1) is 0 Å². The molecular weight excluding hydrogens is 154 g/mol. The second-order valence-electron chi connectivity index (χ2n) is 2.32. The van der Waals surface area contributed by atoms with Gasteiger partial charge in [-0.1, -0.05) is 0 Å². The van der Waals surface area contributed by atoms with Gasteiger partial charge < -0.3 is 11.1 Å². The molecule has 0 aromatic carbocycles. The molecule has 12 heavy (non-hydrogen) atoms. The van der Waals surface area contributed by atoms with Crippen LogP contribution in [0.25, 0.3) is 0 Å². The molecule has 0 unspecified atom stereocenters. The first-order valence-corrected chi connectivity index (χ1v) is 3.64. The summed E-state index contributed by atoms with van der Waals surface area (Å²) in [6.45, 7) is 0.330. The van der Waals surface area contributed by atoms with E-state index in [1.165, 1.54) is 0 Å². The van der Waals surface area contributed by atoms with E-state index in [2.05, 4.69) is 10.3 Å². The molecule has 1 rings (SSSR count). The minimum Gasteiger partial charge on any atom is -0.355 e. The molecule has 3 N–H and O–H groups in total. The third-order valence-electron chi connectivity index (χ3n) is 1.60. The number of pyridine rings is 1. The fourth-order valence-electron chi connectivity index (χ4n) is 0.946. The van der Waals surface area contributed by atoms with Crippen molar-refractivity contribution in [3.63, 3.8) is 0 Å². The third kappa shape index (κ3) is 1.60. The molecule has 0 aliphatic heterocycles. The van der Waals surface area contributed by atoms with Crippen LogP contribution in [-0.4, -0.2) is 17.9 Å². The zero-order valence-electron chi connectivity index (χ0n) is 6.87. The van der Waals surface area contributed by atoms with Gasteiger partial charge in [0, 0.05) is 31.5 Å². The van der Waals surface area contributed by atoms with Gasteiger partial charge in [-0.25, -0.2) is 0 Å². The van der Waals surface area contributed by atoms with Gasteiger partial charge in [0.2, 0.25) is 0 Å². The van der Waals surface area contributed by atoms with Gasteiger partial charge in [0.15, 0.2) is 0 Å². The van der Waals surface area contributed by atoms with Crippen molar-refractivity contribution in [1.29, 1.82) is 0 Å². The molecule has 0 bridgehead atoms. The van der Waals surface area contributed by atoms with E-state index < -0.39 is 0 Å². The second kappa shape index (κ2) is 3.82. The molecular formula is C8H11N3O. The molecule has 0 atom stereocenters. The van der Waals surface area contributed by atoms with Crippen molar-refractivity contribution in [2.24, 2.45) is 5.73 Å². The first-order chi connectivity index (χ1) is 5.79. The lowest BCUT2D eigenvalue weighted by Gasteiger charge is -2.03. The van der Waals surface area contributed by atoms with E-state index in [4.69, 9.17) is 5.73 Å². The van der Waals surface area contributed by atoms with Gasteiger partial charge in [-0.15, -0.1) is 0 Å². The molecule has 1 aromatic rings. The predicted octanol–water partition coefficient (Wildman–Crippen LogP) is -0.100. The minimum absolute atomic E-state index is 0.127. The Bertz CT molecular complexity index is 285. The number of hydrogen-bond donors (Lipinski definition) is 2. The summed E-state index contributed by atoms with van der Waals surface area (Å²) in [7, 11) is 1.59. The quantitative estimate of drug-likeness (QED) is 0.643. The van der Waals surface area contributed by atoms with Gasteiger partial charge in [0.05, 0.1) is 0 Å². The molecule has 1 heterocycles. The molecule has 4 nitrogen and oxygen atoms in total. The molecule has 0 aliphatic carbocycles. The zero-order chi connectivity index (χ0) is 8.97. The highest BCUT2D eigenvalue weighted by Gasteiger charge is 2.06. The van der Waals surface area contributed by atoms with Crippen LogP contribution in [0.4, 0.5) is 0 Å². The van der Waals surface area contributed by atoms with Crippen LogP contribution in [0.5, 0.6) is 0 Å². The molecule has 0 saturated carbocycles. The molecule has 0 saturated heterocycles. The number of carbonyl (C=O) groups excluding carboxylic acids is 1. The number of rotatable bonds is 2. The van der Waals surface area contributed by atoms with Crippen molar-refractivity contribution < 1.29 is 4.79 Å². The number of nitrogens with zero attached hydrogens (tertiary/aromatic N) is 1. The molecule has 0 radical (unpaired) electrons. The van der Waals surface area contributed by atoms with Crippen molar-refractivity contribution in [3.8, 4) is 0 Å². The maximum atomic E-state index is 11.2. The van der Waals surface area contributed by atoms with E-state index >= 15 is 0 Å². The first-order valence-electron chi connectivity index (χ1n) is 3.64. The van der Waals surface area contributed by atoms with Crippen LogP contribution in [0.1, 0.15) is 15.9 Å². The van der Waals surface area contributed by atoms with Crippen molar-refractivity contribution in [3.05, 3.63) is 29.6 Å². The lowest BCUT2D eigenvalue weighted by molar-refractivity contribution is 0.0962. The maximum absolute atomic E-state index is 11.2. The number of nitrogens with one attached hydrogen (secondary N) is 1. The van der Waals surface area contributed by atoms with Gasteiger partial charge >= 0.3 is 0 Å². The molecule has 4 heteroatoms. The fourth-order valence-corrected chi connectivity index (χ4v) is 0.946. The van der Waals surface area contributed by atoms with E-state index in [1.807, 2.05) is 0 Å². The SMILES string of the molecule is CNC(=O)c1ccncc1CN. The Labute approximate surface area is 70.8 Å². The molecule has 0 spiro atoms. The summed E-state index contributed by atoms with van der Waals surface area (Å²) in [5, 5.41) is 2.53. The van der Waals surface area contributed by atoms with Crippen LogP contribution >= 0.6 is 0 Å². The molecule has 1 aromatic heterocycles. The summed E-state index contributed by atoms with van der Waals surface area (Å²) in [4.78, 5) is 15.1. The summed E-state index contributed by atoms with van der Waals surface area (Å²) in [6, 6.07) is 1.65. The number of amides is 1. The molecule has 0 aliphatic rings. The van der Waals surface area contributed by atoms with Gasteiger partial charge in [-0.05, 0) is 11.6 Å². The summed E-state index contributed by atoms with van der Waals surface area (Å²) >= 11 is 0. The van der Waals surface area contributed by atoms with Crippen molar-refractivity contribution in [2.75, 3.05) is 7.05 Å². The van der Waals surface area contributed by atoms with Crippen molar-refractivity contribution in [1.82, 2.24) is 10.3 Å². The standard InChI is InChI=1S/C8H11N3O/c1-10-8(12)7-2-3-11-5-6(7)4-9/h2-3,5H,4,9H2,1H3,(H,10,12). The Morgan fingerprint density at radius 3 is 3.08 bits per heavy atom. The maximum Gasteiger partial charge on any atom is 0.251 e. The van der Waals surface area contributed by atoms with E-state index in [0.29, 0.717) is 12.1 Å². The number of carbonyl (C=O) groups is 1. The average Bonchev–Trinajstić information content (AvgIpc) is 2.16. The second-order valence-corrected chi connectivity index (χ2v) is 2.32. The highest BCUT2D eigenvalue weighted by Crippen LogP contribution is 2.04. The summed E-state index contributed by atoms with van der Waals surface area (Å²) in [5.74, 6) is -0.127. The average molecular weight is 165 g/mol. The van der Waals surface area contributed by atoms with Crippen molar-refractivity contribution >= 4 is 5.91 Å². The van der Waals surface area contributed by atoms with E-state index in [0.717, 1.165) is 5.56 Å². The third-order valence-corrected chi connectivity index (χ3v) is 1.60. The van der Waals surface area contributed by atoms with Crippen molar-refractivity contribution in [2.45, 2.75) is 6.54 Å². The Kier molecular flexibility index (Phi) is 2.76. The minimum atomic E-state index is -0.127. The topological polar surface area (TPSA) is 68.0 Å². The van der Waals surface area contributed by atoms with E-state index in [9.17, 15) is 4.79 Å². The predicted molar refractivity (Wildman–Crippen MR) is 45.5 cm³/mol. The molecule has 64 valence electrons. The summed E-state index contributed by atoms with van der Waals surface area (Å²) in [5.41, 5.74) is 6.78. The lowest BCUT2D eigenvalue weighted by Crippen LogP contribution is -2.20. The number of hydrogen-bond acceptors (Lipinski definition) is 3. The number of aromatic nitrogens is 1. The Morgan fingerprint density at radius 1 is 1.75 bits per heavy atom. The van der Waals surface area contributed by atoms with Gasteiger partial charge in [0.25, 0.3) is 5.91 Å². The lowest BCUT2D eigenvalue weighted by atomic mass is 10.1. The van der Waals surface area contributed by atoms with Gasteiger partial charge in [-0.2, -0.15) is 0 Å². The number of nitrogens with two attached hydrogens (primary N) is 1. The van der Waals surface area contributed by atoms with E-state index in [-0.39, 0.29) is 5.91 Å². The van der Waals surface area contributed by atoms with Crippen LogP contribution in [0.2, 0.25) is 0 Å². The zero-order valence-corrected chi connectivity index (χ0v) is 6.87. The van der Waals surface area contributed by atoms with Gasteiger partial charge in [-0.3, -0.25) is 9.78 Å². The van der Waals surface area contributed by atoms with Crippen LogP contribution < -0.4 is 11.1 Å². The fraction of sp³-hybridized carbons (Fsp3) is 0.250. The normalized spacial score (nSPS) is 9.50. The van der Waals surface area contributed by atoms with E-state index in [1.54, 1.807) is 25.5 Å². The van der Waals surface area contributed by atoms with Crippen LogP contribution in [0.3, 0.4) is 0 Å². The van der Waals surface area contributed by atoms with Crippen LogP contribution in [-0.2, 0) is 6.54 Å². The Morgan fingerprint density at radius 2 is 2.50 bits per heavy atom. The molecule has 0 fully saturated rings. The highest BCUT2D eigenvalue weighted by molar-refractivity contribution is 5.95. The summed E-state index contributed by atoms with van der Waals surface area (Å²) < 4.78 is 0. The van der Waals surface area contributed by atoms with Crippen LogP contribution in [0.15, 0.2) is 18.5 Å². The molecule has 1 amide bonds. The smallest absolute Gasteiger partial charge is 0.251 e. The summed E-state index contributed by atoms with van der Waals surface area (Å²) in [6.07, 6.45) is 3.17. The largest absolute Gasteiger partial charge is 0.355 e. The monoisotopic (exact) mass is 165 g/mol. The first kappa shape index (κ1) is 8.67. The Hall–Kier alpha value is -1.42. The highest BCUT2D eigenvalue weighted by atomic mass is 16.1.